The Labute approximate surface area is 234 Å². The summed E-state index contributed by atoms with van der Waals surface area (Å²) in [5, 5.41) is 13.9. The zero-order valence-electron chi connectivity index (χ0n) is 22.6. The molecule has 14 nitrogen and oxygen atoms in total. The fourth-order valence-corrected chi connectivity index (χ4v) is 4.24. The molecule has 1 saturated heterocycles. The van der Waals surface area contributed by atoms with E-state index in [4.69, 9.17) is 28.4 Å². The van der Waals surface area contributed by atoms with E-state index in [-0.39, 0.29) is 6.61 Å². The number of carbonyl (C=O) groups is 4. The number of hydrogen-bond donors (Lipinski definition) is 1. The molecule has 0 saturated carbocycles. The van der Waals surface area contributed by atoms with Crippen LogP contribution in [0.15, 0.2) is 48.5 Å². The van der Waals surface area contributed by atoms with Crippen LogP contribution < -0.4 is 4.74 Å². The summed E-state index contributed by atoms with van der Waals surface area (Å²) in [6.45, 7) is 4.30. The van der Waals surface area contributed by atoms with Gasteiger partial charge in [0, 0.05) is 33.3 Å². The number of H-pyrrole nitrogens is 1. The zero-order valence-corrected chi connectivity index (χ0v) is 22.6. The van der Waals surface area contributed by atoms with Gasteiger partial charge in [-0.2, -0.15) is 5.21 Å². The quantitative estimate of drug-likeness (QED) is 0.293. The van der Waals surface area contributed by atoms with Crippen molar-refractivity contribution >= 4 is 23.9 Å². The van der Waals surface area contributed by atoms with Gasteiger partial charge in [0.25, 0.3) is 0 Å². The maximum Gasteiger partial charge on any atom is 0.303 e. The molecule has 216 valence electrons. The number of carbonyl (C=O) groups excluding carboxylic acids is 4. The fourth-order valence-electron chi connectivity index (χ4n) is 4.24. The molecule has 1 aromatic heterocycles. The summed E-state index contributed by atoms with van der Waals surface area (Å²) in [6, 6.07) is 14.5. The van der Waals surface area contributed by atoms with Gasteiger partial charge in [-0.05, 0) is 28.5 Å². The van der Waals surface area contributed by atoms with Gasteiger partial charge in [0.15, 0.2) is 12.2 Å². The zero-order chi connectivity index (χ0) is 29.5. The maximum absolute atomic E-state index is 12.0. The van der Waals surface area contributed by atoms with Crippen molar-refractivity contribution in [2.24, 2.45) is 0 Å². The number of benzene rings is 2. The monoisotopic (exact) mass is 568 g/mol. The number of aromatic amines is 1. The van der Waals surface area contributed by atoms with E-state index < -0.39 is 54.6 Å². The van der Waals surface area contributed by atoms with Crippen molar-refractivity contribution in [1.82, 2.24) is 20.6 Å². The highest BCUT2D eigenvalue weighted by molar-refractivity contribution is 5.69. The molecular formula is C27H28N4O10. The Bertz CT molecular complexity index is 1360. The molecule has 2 aromatic carbocycles. The average Bonchev–Trinajstić information content (AvgIpc) is 3.46. The van der Waals surface area contributed by atoms with E-state index in [1.54, 1.807) is 12.1 Å². The number of hydrogen-bond acceptors (Lipinski definition) is 13. The number of rotatable bonds is 9. The number of tetrazole rings is 1. The number of esters is 4. The summed E-state index contributed by atoms with van der Waals surface area (Å²) in [6.07, 6.45) is -6.35. The van der Waals surface area contributed by atoms with Gasteiger partial charge in [-0.3, -0.25) is 19.2 Å². The van der Waals surface area contributed by atoms with Gasteiger partial charge in [0.05, 0.1) is 0 Å². The summed E-state index contributed by atoms with van der Waals surface area (Å²) in [7, 11) is 0. The van der Waals surface area contributed by atoms with Crippen LogP contribution in [0.4, 0.5) is 0 Å². The Balaban J connectivity index is 1.58. The fraction of sp³-hybridized carbons (Fsp3) is 0.370. The van der Waals surface area contributed by atoms with Crippen molar-refractivity contribution in [3.8, 4) is 28.3 Å². The molecule has 0 aliphatic carbocycles. The van der Waals surface area contributed by atoms with Crippen molar-refractivity contribution in [2.45, 2.75) is 58.4 Å². The highest BCUT2D eigenvalue weighted by atomic mass is 16.7. The van der Waals surface area contributed by atoms with E-state index in [9.17, 15) is 19.2 Å². The largest absolute Gasteiger partial charge is 0.463 e. The standard InChI is InChI=1S/C27H28N4O10/c1-14(32)36-13-22-23(37-15(2)33)24(38-16(3)34)25(39-17(4)35)27(41-22)40-21-11-9-19(10-12-21)18-5-7-20(8-6-18)26-28-30-31-29-26/h5-12,22-25,27H,13H2,1-4H3,(H,28,29,30,31). The normalized spacial score (nSPS) is 21.8. The number of nitrogens with one attached hydrogen (secondary N) is 1. The van der Waals surface area contributed by atoms with Gasteiger partial charge in [-0.1, -0.05) is 36.4 Å². The minimum Gasteiger partial charge on any atom is -0.463 e. The lowest BCUT2D eigenvalue weighted by atomic mass is 9.98. The van der Waals surface area contributed by atoms with Crippen LogP contribution in [-0.2, 0) is 42.9 Å². The van der Waals surface area contributed by atoms with Crippen LogP contribution in [0.25, 0.3) is 22.5 Å². The van der Waals surface area contributed by atoms with E-state index >= 15 is 0 Å². The molecule has 41 heavy (non-hydrogen) atoms. The molecule has 5 unspecified atom stereocenters. The molecule has 1 fully saturated rings. The molecule has 0 radical (unpaired) electrons. The number of nitrogens with zero attached hydrogens (tertiary/aromatic N) is 3. The van der Waals surface area contributed by atoms with Crippen LogP contribution >= 0.6 is 0 Å². The molecule has 4 rings (SSSR count). The van der Waals surface area contributed by atoms with Crippen LogP contribution in [0.1, 0.15) is 27.7 Å². The Morgan fingerprint density at radius 3 is 1.80 bits per heavy atom. The maximum atomic E-state index is 12.0. The van der Waals surface area contributed by atoms with E-state index in [2.05, 4.69) is 20.6 Å². The topological polar surface area (TPSA) is 178 Å². The second kappa shape index (κ2) is 13.0. The SMILES string of the molecule is CC(=O)OCC1OC(Oc2ccc(-c3ccc(-c4nn[nH]n4)cc3)cc2)C(OC(C)=O)C(OC(C)=O)C1OC(C)=O. The molecule has 1 N–H and O–H groups in total. The third kappa shape index (κ3) is 7.63. The molecule has 1 aliphatic heterocycles. The van der Waals surface area contributed by atoms with Gasteiger partial charge in [-0.25, -0.2) is 0 Å². The number of aromatic nitrogens is 4. The first-order valence-electron chi connectivity index (χ1n) is 12.5. The molecule has 3 aromatic rings. The van der Waals surface area contributed by atoms with Crippen molar-refractivity contribution in [2.75, 3.05) is 6.61 Å². The van der Waals surface area contributed by atoms with Gasteiger partial charge >= 0.3 is 23.9 Å². The van der Waals surface area contributed by atoms with Crippen LogP contribution in [0, 0.1) is 0 Å². The molecular weight excluding hydrogens is 540 g/mol. The van der Waals surface area contributed by atoms with Crippen molar-refractivity contribution < 1.29 is 47.6 Å². The molecule has 0 bridgehead atoms. The second-order valence-electron chi connectivity index (χ2n) is 9.02. The summed E-state index contributed by atoms with van der Waals surface area (Å²) in [4.78, 5) is 47.4. The lowest BCUT2D eigenvalue weighted by Crippen LogP contribution is -2.63. The second-order valence-corrected chi connectivity index (χ2v) is 9.02. The molecule has 14 heteroatoms. The van der Waals surface area contributed by atoms with Crippen LogP contribution in [0.2, 0.25) is 0 Å². The first-order chi connectivity index (χ1) is 19.6. The Kier molecular flexibility index (Phi) is 9.24. The van der Waals surface area contributed by atoms with Crippen molar-refractivity contribution in [3.63, 3.8) is 0 Å². The van der Waals surface area contributed by atoms with E-state index in [0.717, 1.165) is 37.5 Å². The predicted molar refractivity (Wildman–Crippen MR) is 138 cm³/mol. The smallest absolute Gasteiger partial charge is 0.303 e. The summed E-state index contributed by atoms with van der Waals surface area (Å²) in [5.41, 5.74) is 2.58. The highest BCUT2D eigenvalue weighted by Gasteiger charge is 2.53. The first kappa shape index (κ1) is 29.1. The molecule has 2 heterocycles. The van der Waals surface area contributed by atoms with E-state index in [1.165, 1.54) is 6.92 Å². The number of ether oxygens (including phenoxy) is 6. The Morgan fingerprint density at radius 2 is 1.27 bits per heavy atom. The average molecular weight is 569 g/mol. The highest BCUT2D eigenvalue weighted by Crippen LogP contribution is 2.32. The van der Waals surface area contributed by atoms with Gasteiger partial charge < -0.3 is 28.4 Å². The van der Waals surface area contributed by atoms with Crippen LogP contribution in [-0.4, -0.2) is 81.8 Å². The predicted octanol–water partition coefficient (Wildman–Crippen LogP) is 2.00. The van der Waals surface area contributed by atoms with E-state index in [1.807, 2.05) is 36.4 Å². The van der Waals surface area contributed by atoms with E-state index in [0.29, 0.717) is 11.6 Å². The third-order valence-electron chi connectivity index (χ3n) is 5.88. The molecule has 0 amide bonds. The minimum atomic E-state index is -1.33. The summed E-state index contributed by atoms with van der Waals surface area (Å²) >= 11 is 0. The summed E-state index contributed by atoms with van der Waals surface area (Å²) < 4.78 is 33.3. The lowest BCUT2D eigenvalue weighted by Gasteiger charge is -2.43. The van der Waals surface area contributed by atoms with Crippen LogP contribution in [0.3, 0.4) is 0 Å². The van der Waals surface area contributed by atoms with Crippen LogP contribution in [0.5, 0.6) is 5.75 Å². The van der Waals surface area contributed by atoms with Gasteiger partial charge in [0.2, 0.25) is 18.2 Å². The van der Waals surface area contributed by atoms with Gasteiger partial charge in [0.1, 0.15) is 18.5 Å². The Morgan fingerprint density at radius 1 is 0.732 bits per heavy atom. The Hall–Kier alpha value is -4.85. The van der Waals surface area contributed by atoms with Gasteiger partial charge in [-0.15, -0.1) is 10.2 Å². The molecule has 1 aliphatic rings. The summed E-state index contributed by atoms with van der Waals surface area (Å²) in [5.74, 6) is -1.97. The third-order valence-corrected chi connectivity index (χ3v) is 5.88. The molecule has 5 atom stereocenters. The lowest BCUT2D eigenvalue weighted by molar-refractivity contribution is -0.288. The molecule has 0 spiro atoms. The first-order valence-corrected chi connectivity index (χ1v) is 12.5. The minimum absolute atomic E-state index is 0.332. The van der Waals surface area contributed by atoms with Crippen molar-refractivity contribution in [3.05, 3.63) is 48.5 Å². The van der Waals surface area contributed by atoms with Crippen molar-refractivity contribution in [1.29, 1.82) is 0 Å².